The highest BCUT2D eigenvalue weighted by molar-refractivity contribution is 6.32. The number of halogens is 2. The van der Waals surface area contributed by atoms with Crippen LogP contribution < -0.4 is 10.2 Å². The van der Waals surface area contributed by atoms with Gasteiger partial charge in [-0.15, -0.1) is 0 Å². The molecule has 1 atom stereocenters. The lowest BCUT2D eigenvalue weighted by Crippen LogP contribution is -2.56. The fourth-order valence-electron chi connectivity index (χ4n) is 1.64. The Balaban J connectivity index is 2.31. The Hall–Kier alpha value is -1.11. The van der Waals surface area contributed by atoms with Crippen LogP contribution in [-0.2, 0) is 4.79 Å². The third kappa shape index (κ3) is 2.77. The Morgan fingerprint density at radius 3 is 2.94 bits per heavy atom. The van der Waals surface area contributed by atoms with E-state index in [0.29, 0.717) is 12.4 Å². The molecule has 1 aromatic heterocycles. The Kier molecular flexibility index (Phi) is 3.66. The zero-order valence-electron chi connectivity index (χ0n) is 8.73. The van der Waals surface area contributed by atoms with Gasteiger partial charge in [0.15, 0.2) is 0 Å². The summed E-state index contributed by atoms with van der Waals surface area (Å²) < 4.78 is 0. The summed E-state index contributed by atoms with van der Waals surface area (Å²) >= 11 is 11.5. The SMILES string of the molecule is O=C1CN(c2cc(Cl)nc(Cl)n2)C(CO)CN1. The van der Waals surface area contributed by atoms with Gasteiger partial charge in [0.25, 0.3) is 0 Å². The predicted octanol–water partition coefficient (Wildman–Crippen LogP) is 0.0805. The molecular weight excluding hydrogens is 267 g/mol. The summed E-state index contributed by atoms with van der Waals surface area (Å²) in [7, 11) is 0. The fourth-order valence-corrected chi connectivity index (χ4v) is 2.04. The highest BCUT2D eigenvalue weighted by Crippen LogP contribution is 2.21. The predicted molar refractivity (Wildman–Crippen MR) is 63.3 cm³/mol. The normalized spacial score (nSPS) is 20.3. The first kappa shape index (κ1) is 12.3. The summed E-state index contributed by atoms with van der Waals surface area (Å²) in [5, 5.41) is 12.1. The molecule has 2 heterocycles. The zero-order valence-corrected chi connectivity index (χ0v) is 10.2. The molecule has 1 unspecified atom stereocenters. The van der Waals surface area contributed by atoms with Crippen LogP contribution in [0.1, 0.15) is 0 Å². The quantitative estimate of drug-likeness (QED) is 0.591. The van der Waals surface area contributed by atoms with Crippen molar-refractivity contribution in [3.63, 3.8) is 0 Å². The van der Waals surface area contributed by atoms with Gasteiger partial charge in [-0.25, -0.2) is 9.97 Å². The van der Waals surface area contributed by atoms with Crippen molar-refractivity contribution >= 4 is 34.9 Å². The van der Waals surface area contributed by atoms with Gasteiger partial charge in [0.2, 0.25) is 11.2 Å². The average molecular weight is 277 g/mol. The van der Waals surface area contributed by atoms with Gasteiger partial charge >= 0.3 is 0 Å². The molecular formula is C9H10Cl2N4O2. The number of aliphatic hydroxyl groups excluding tert-OH is 1. The second kappa shape index (κ2) is 5.03. The van der Waals surface area contributed by atoms with E-state index in [4.69, 9.17) is 23.2 Å². The topological polar surface area (TPSA) is 78.4 Å². The molecule has 0 spiro atoms. The largest absolute Gasteiger partial charge is 0.394 e. The van der Waals surface area contributed by atoms with E-state index in [1.165, 1.54) is 6.07 Å². The van der Waals surface area contributed by atoms with E-state index in [-0.39, 0.29) is 35.5 Å². The van der Waals surface area contributed by atoms with Crippen LogP contribution in [0.3, 0.4) is 0 Å². The summed E-state index contributed by atoms with van der Waals surface area (Å²) in [6.07, 6.45) is 0. The van der Waals surface area contributed by atoms with Crippen molar-refractivity contribution in [2.24, 2.45) is 0 Å². The van der Waals surface area contributed by atoms with Crippen LogP contribution in [0.2, 0.25) is 10.4 Å². The Bertz CT molecular complexity index is 423. The number of nitrogens with one attached hydrogen (secondary N) is 1. The van der Waals surface area contributed by atoms with Crippen LogP contribution in [0.15, 0.2) is 6.07 Å². The number of hydrogen-bond acceptors (Lipinski definition) is 5. The molecule has 1 aliphatic rings. The second-order valence-corrected chi connectivity index (χ2v) is 4.31. The van der Waals surface area contributed by atoms with E-state index in [1.807, 2.05) is 0 Å². The van der Waals surface area contributed by atoms with Crippen LogP contribution in [0.4, 0.5) is 5.82 Å². The van der Waals surface area contributed by atoms with Crippen LogP contribution >= 0.6 is 23.2 Å². The van der Waals surface area contributed by atoms with Gasteiger partial charge in [0.1, 0.15) is 11.0 Å². The van der Waals surface area contributed by atoms with Crippen molar-refractivity contribution < 1.29 is 9.90 Å². The minimum atomic E-state index is -0.241. The Morgan fingerprint density at radius 1 is 1.53 bits per heavy atom. The van der Waals surface area contributed by atoms with Gasteiger partial charge in [-0.1, -0.05) is 11.6 Å². The molecule has 0 bridgehead atoms. The van der Waals surface area contributed by atoms with Gasteiger partial charge in [-0.2, -0.15) is 0 Å². The molecule has 6 nitrogen and oxygen atoms in total. The monoisotopic (exact) mass is 276 g/mol. The van der Waals surface area contributed by atoms with E-state index in [2.05, 4.69) is 15.3 Å². The number of hydrogen-bond donors (Lipinski definition) is 2. The molecule has 0 aromatic carbocycles. The van der Waals surface area contributed by atoms with Gasteiger partial charge in [-0.3, -0.25) is 4.79 Å². The molecule has 8 heteroatoms. The molecule has 0 aliphatic carbocycles. The molecule has 0 saturated carbocycles. The van der Waals surface area contributed by atoms with E-state index < -0.39 is 0 Å². The summed E-state index contributed by atoms with van der Waals surface area (Å²) in [5.41, 5.74) is 0. The first-order chi connectivity index (χ1) is 8.10. The van der Waals surface area contributed by atoms with Crippen LogP contribution in [0, 0.1) is 0 Å². The number of carbonyl (C=O) groups excluding carboxylic acids is 1. The van der Waals surface area contributed by atoms with Crippen molar-refractivity contribution in [2.45, 2.75) is 6.04 Å². The molecule has 1 aromatic rings. The van der Waals surface area contributed by atoms with E-state index in [0.717, 1.165) is 0 Å². The number of rotatable bonds is 2. The molecule has 92 valence electrons. The van der Waals surface area contributed by atoms with Gasteiger partial charge in [-0.05, 0) is 11.6 Å². The number of nitrogens with zero attached hydrogens (tertiary/aromatic N) is 3. The lowest BCUT2D eigenvalue weighted by molar-refractivity contribution is -0.121. The van der Waals surface area contributed by atoms with Crippen molar-refractivity contribution in [1.29, 1.82) is 0 Å². The van der Waals surface area contributed by atoms with Crippen LogP contribution in [0.5, 0.6) is 0 Å². The average Bonchev–Trinajstić information content (AvgIpc) is 2.27. The first-order valence-electron chi connectivity index (χ1n) is 4.94. The van der Waals surface area contributed by atoms with E-state index in [9.17, 15) is 9.90 Å². The number of amides is 1. The maximum Gasteiger partial charge on any atom is 0.239 e. The van der Waals surface area contributed by atoms with Crippen molar-refractivity contribution in [1.82, 2.24) is 15.3 Å². The lowest BCUT2D eigenvalue weighted by Gasteiger charge is -2.35. The van der Waals surface area contributed by atoms with Crippen molar-refractivity contribution in [2.75, 3.05) is 24.6 Å². The minimum absolute atomic E-state index is 0.00942. The van der Waals surface area contributed by atoms with Crippen molar-refractivity contribution in [3.8, 4) is 0 Å². The Morgan fingerprint density at radius 2 is 2.29 bits per heavy atom. The summed E-state index contributed by atoms with van der Waals surface area (Å²) in [6, 6.07) is 1.27. The Labute approximate surface area is 108 Å². The summed E-state index contributed by atoms with van der Waals surface area (Å²) in [4.78, 5) is 20.7. The van der Waals surface area contributed by atoms with E-state index in [1.54, 1.807) is 4.90 Å². The molecule has 1 saturated heterocycles. The van der Waals surface area contributed by atoms with Crippen molar-refractivity contribution in [3.05, 3.63) is 16.5 Å². The molecule has 2 N–H and O–H groups in total. The van der Waals surface area contributed by atoms with Crippen LogP contribution in [-0.4, -0.2) is 46.7 Å². The molecule has 1 amide bonds. The van der Waals surface area contributed by atoms with Crippen LogP contribution in [0.25, 0.3) is 0 Å². The van der Waals surface area contributed by atoms with Gasteiger partial charge in [0.05, 0.1) is 19.2 Å². The van der Waals surface area contributed by atoms with Gasteiger partial charge < -0.3 is 15.3 Å². The number of piperazine rings is 1. The smallest absolute Gasteiger partial charge is 0.239 e. The van der Waals surface area contributed by atoms with E-state index >= 15 is 0 Å². The summed E-state index contributed by atoms with van der Waals surface area (Å²) in [5.74, 6) is 0.296. The molecule has 2 rings (SSSR count). The maximum absolute atomic E-state index is 11.3. The lowest BCUT2D eigenvalue weighted by atomic mass is 10.2. The zero-order chi connectivity index (χ0) is 12.4. The number of aliphatic hydroxyl groups is 1. The number of carbonyl (C=O) groups is 1. The number of anilines is 1. The summed E-state index contributed by atoms with van der Waals surface area (Å²) in [6.45, 7) is 0.364. The van der Waals surface area contributed by atoms with Gasteiger partial charge in [0, 0.05) is 12.6 Å². The minimum Gasteiger partial charge on any atom is -0.394 e. The number of aromatic nitrogens is 2. The molecule has 1 aliphatic heterocycles. The maximum atomic E-state index is 11.3. The molecule has 0 radical (unpaired) electrons. The highest BCUT2D eigenvalue weighted by atomic mass is 35.5. The first-order valence-corrected chi connectivity index (χ1v) is 5.70. The standard InChI is InChI=1S/C9H10Cl2N4O2/c10-6-1-7(14-9(11)13-6)15-3-8(17)12-2-5(15)4-16/h1,5,16H,2-4H2,(H,12,17). The molecule has 1 fully saturated rings. The third-order valence-electron chi connectivity index (χ3n) is 2.45. The highest BCUT2D eigenvalue weighted by Gasteiger charge is 2.27. The fraction of sp³-hybridized carbons (Fsp3) is 0.444. The second-order valence-electron chi connectivity index (χ2n) is 3.59. The third-order valence-corrected chi connectivity index (χ3v) is 2.81. The molecule has 17 heavy (non-hydrogen) atoms.